The Hall–Kier alpha value is -2.64. The van der Waals surface area contributed by atoms with Crippen LogP contribution in [0.1, 0.15) is 11.1 Å². The summed E-state index contributed by atoms with van der Waals surface area (Å²) < 4.78 is 27.0. The van der Waals surface area contributed by atoms with E-state index >= 15 is 0 Å². The highest BCUT2D eigenvalue weighted by molar-refractivity contribution is 7.92. The van der Waals surface area contributed by atoms with Crippen LogP contribution in [0.3, 0.4) is 0 Å². The summed E-state index contributed by atoms with van der Waals surface area (Å²) in [6, 6.07) is 15.1. The average Bonchev–Trinajstić information content (AvgIpc) is 2.59. The van der Waals surface area contributed by atoms with Crippen molar-refractivity contribution in [2.24, 2.45) is 0 Å². The maximum Gasteiger partial charge on any atom is 0.263 e. The predicted octanol–water partition coefficient (Wildman–Crippen LogP) is 4.29. The first-order valence-electron chi connectivity index (χ1n) is 7.80. The molecule has 0 fully saturated rings. The molecule has 3 aromatic rings. The minimum absolute atomic E-state index is 0.0983. The van der Waals surface area contributed by atoms with Gasteiger partial charge in [0, 0.05) is 10.7 Å². The fraction of sp³-hybridized carbons (Fsp3) is 0.111. The Bertz CT molecular complexity index is 1020. The highest BCUT2D eigenvalue weighted by Crippen LogP contribution is 2.21. The predicted molar refractivity (Wildman–Crippen MR) is 103 cm³/mol. The number of anilines is 3. The van der Waals surface area contributed by atoms with Gasteiger partial charge in [0.25, 0.3) is 10.0 Å². The molecule has 134 valence electrons. The molecule has 0 bridgehead atoms. The highest BCUT2D eigenvalue weighted by Gasteiger charge is 2.15. The third-order valence-electron chi connectivity index (χ3n) is 3.67. The van der Waals surface area contributed by atoms with E-state index in [-0.39, 0.29) is 10.7 Å². The molecule has 0 unspecified atom stereocenters. The van der Waals surface area contributed by atoms with Gasteiger partial charge in [0.1, 0.15) is 0 Å². The molecule has 1 heterocycles. The van der Waals surface area contributed by atoms with Crippen LogP contribution in [0.4, 0.5) is 17.3 Å². The normalized spacial score (nSPS) is 11.2. The van der Waals surface area contributed by atoms with Gasteiger partial charge >= 0.3 is 0 Å². The number of sulfonamides is 1. The second-order valence-electron chi connectivity index (χ2n) is 5.81. The Morgan fingerprint density at radius 2 is 1.54 bits per heavy atom. The first-order chi connectivity index (χ1) is 12.3. The molecule has 0 aliphatic rings. The van der Waals surface area contributed by atoms with Gasteiger partial charge in [-0.05, 0) is 61.9 Å². The van der Waals surface area contributed by atoms with Crippen LogP contribution in [0.15, 0.2) is 59.5 Å². The summed E-state index contributed by atoms with van der Waals surface area (Å²) in [7, 11) is -3.74. The lowest BCUT2D eigenvalue weighted by atomic mass is 10.1. The maximum atomic E-state index is 12.3. The van der Waals surface area contributed by atoms with E-state index in [1.165, 1.54) is 29.8 Å². The highest BCUT2D eigenvalue weighted by atomic mass is 35.5. The summed E-state index contributed by atoms with van der Waals surface area (Å²) in [6.07, 6.45) is 0. The lowest BCUT2D eigenvalue weighted by Crippen LogP contribution is -2.14. The van der Waals surface area contributed by atoms with E-state index in [1.807, 2.05) is 26.0 Å². The smallest absolute Gasteiger partial charge is 0.263 e. The van der Waals surface area contributed by atoms with Crippen molar-refractivity contribution in [2.45, 2.75) is 18.7 Å². The fourth-order valence-corrected chi connectivity index (χ4v) is 3.48. The summed E-state index contributed by atoms with van der Waals surface area (Å²) in [5.74, 6) is 0.650. The fourth-order valence-electron chi connectivity index (χ4n) is 2.36. The van der Waals surface area contributed by atoms with E-state index in [2.05, 4.69) is 26.3 Å². The monoisotopic (exact) mass is 388 g/mol. The summed E-state index contributed by atoms with van der Waals surface area (Å²) in [4.78, 5) is 0.0983. The van der Waals surface area contributed by atoms with Crippen molar-refractivity contribution in [1.82, 2.24) is 10.2 Å². The Kier molecular flexibility index (Phi) is 5.11. The molecule has 0 radical (unpaired) electrons. The molecule has 1 aromatic heterocycles. The van der Waals surface area contributed by atoms with Gasteiger partial charge in [-0.3, -0.25) is 4.72 Å². The number of aromatic nitrogens is 2. The third-order valence-corrected chi connectivity index (χ3v) is 5.29. The number of nitrogens with zero attached hydrogens (tertiary/aromatic N) is 2. The number of halogens is 1. The minimum atomic E-state index is -3.74. The summed E-state index contributed by atoms with van der Waals surface area (Å²) in [5, 5.41) is 11.6. The number of hydrogen-bond donors (Lipinski definition) is 2. The summed E-state index contributed by atoms with van der Waals surface area (Å²) >= 11 is 5.78. The first-order valence-corrected chi connectivity index (χ1v) is 9.66. The van der Waals surface area contributed by atoms with Crippen molar-refractivity contribution in [3.05, 3.63) is 70.7 Å². The largest absolute Gasteiger partial charge is 0.339 e. The summed E-state index contributed by atoms with van der Waals surface area (Å²) in [6.45, 7) is 4.02. The van der Waals surface area contributed by atoms with Gasteiger partial charge in [-0.15, -0.1) is 10.2 Å². The average molecular weight is 389 g/mol. The van der Waals surface area contributed by atoms with E-state index in [0.29, 0.717) is 10.8 Å². The van der Waals surface area contributed by atoms with Gasteiger partial charge in [-0.1, -0.05) is 29.3 Å². The van der Waals surface area contributed by atoms with E-state index in [1.54, 1.807) is 12.1 Å². The van der Waals surface area contributed by atoms with E-state index in [4.69, 9.17) is 11.6 Å². The maximum absolute atomic E-state index is 12.3. The molecule has 0 aliphatic carbocycles. The lowest BCUT2D eigenvalue weighted by Gasteiger charge is -2.10. The Labute approximate surface area is 157 Å². The molecule has 0 atom stereocenters. The van der Waals surface area contributed by atoms with Crippen molar-refractivity contribution in [3.8, 4) is 0 Å². The molecule has 6 nitrogen and oxygen atoms in total. The van der Waals surface area contributed by atoms with Gasteiger partial charge in [0.05, 0.1) is 4.90 Å². The number of aryl methyl sites for hydroxylation is 2. The zero-order chi connectivity index (χ0) is 18.7. The molecular weight excluding hydrogens is 372 g/mol. The second-order valence-corrected chi connectivity index (χ2v) is 7.93. The molecule has 26 heavy (non-hydrogen) atoms. The Morgan fingerprint density at radius 1 is 0.885 bits per heavy atom. The zero-order valence-electron chi connectivity index (χ0n) is 14.2. The van der Waals surface area contributed by atoms with Crippen LogP contribution in [0.2, 0.25) is 5.02 Å². The van der Waals surface area contributed by atoms with Crippen LogP contribution in [0.5, 0.6) is 0 Å². The number of benzene rings is 2. The van der Waals surface area contributed by atoms with Crippen molar-refractivity contribution >= 4 is 38.9 Å². The molecule has 0 spiro atoms. The van der Waals surface area contributed by atoms with Crippen LogP contribution >= 0.6 is 11.6 Å². The summed E-state index contributed by atoms with van der Waals surface area (Å²) in [5.41, 5.74) is 3.17. The molecule has 0 aliphatic heterocycles. The molecule has 2 N–H and O–H groups in total. The Morgan fingerprint density at radius 3 is 2.15 bits per heavy atom. The van der Waals surface area contributed by atoms with Crippen molar-refractivity contribution < 1.29 is 8.42 Å². The topological polar surface area (TPSA) is 84.0 Å². The number of nitrogens with one attached hydrogen (secondary N) is 2. The van der Waals surface area contributed by atoms with Gasteiger partial charge in [-0.2, -0.15) is 0 Å². The van der Waals surface area contributed by atoms with Gasteiger partial charge in [0.15, 0.2) is 11.6 Å². The number of rotatable bonds is 5. The van der Waals surface area contributed by atoms with Crippen LogP contribution in [0, 0.1) is 13.8 Å². The van der Waals surface area contributed by atoms with Crippen molar-refractivity contribution in [1.29, 1.82) is 0 Å². The van der Waals surface area contributed by atoms with Crippen LogP contribution < -0.4 is 10.0 Å². The van der Waals surface area contributed by atoms with Crippen molar-refractivity contribution in [2.75, 3.05) is 10.0 Å². The SMILES string of the molecule is Cc1ccc(Nc2ccc(NS(=O)(=O)c3ccc(Cl)cc3)nn2)c(C)c1. The van der Waals surface area contributed by atoms with E-state index in [9.17, 15) is 8.42 Å². The van der Waals surface area contributed by atoms with E-state index < -0.39 is 10.0 Å². The van der Waals surface area contributed by atoms with Gasteiger partial charge in [0.2, 0.25) is 0 Å². The molecule has 2 aromatic carbocycles. The molecular formula is C18H17ClN4O2S. The zero-order valence-corrected chi connectivity index (χ0v) is 15.8. The Balaban J connectivity index is 1.74. The standard InChI is InChI=1S/C18H17ClN4O2S/c1-12-3-8-16(13(2)11-12)20-17-9-10-18(22-21-17)23-26(24,25)15-6-4-14(19)5-7-15/h3-11H,1-2H3,(H,20,21)(H,22,23). The molecule has 0 saturated heterocycles. The minimum Gasteiger partial charge on any atom is -0.339 e. The van der Waals surface area contributed by atoms with Crippen LogP contribution in [-0.2, 0) is 10.0 Å². The van der Waals surface area contributed by atoms with E-state index in [0.717, 1.165) is 11.3 Å². The lowest BCUT2D eigenvalue weighted by molar-refractivity contribution is 0.601. The van der Waals surface area contributed by atoms with Crippen molar-refractivity contribution in [3.63, 3.8) is 0 Å². The third kappa shape index (κ3) is 4.30. The second kappa shape index (κ2) is 7.31. The number of hydrogen-bond acceptors (Lipinski definition) is 5. The molecule has 8 heteroatoms. The van der Waals surface area contributed by atoms with Crippen LogP contribution in [-0.4, -0.2) is 18.6 Å². The van der Waals surface area contributed by atoms with Crippen LogP contribution in [0.25, 0.3) is 0 Å². The molecule has 3 rings (SSSR count). The molecule has 0 amide bonds. The quantitative estimate of drug-likeness (QED) is 0.681. The molecule has 0 saturated carbocycles. The first kappa shape index (κ1) is 18.2. The van der Waals surface area contributed by atoms with Gasteiger partial charge in [-0.25, -0.2) is 8.42 Å². The van der Waals surface area contributed by atoms with Gasteiger partial charge < -0.3 is 5.32 Å².